The first kappa shape index (κ1) is 47.5. The Labute approximate surface area is 301 Å². The van der Waals surface area contributed by atoms with E-state index in [1.165, 1.54) is 141 Å². The van der Waals surface area contributed by atoms with Crippen molar-refractivity contribution in [1.82, 2.24) is 9.80 Å². The lowest BCUT2D eigenvalue weighted by molar-refractivity contribution is 0.106. The molecule has 0 heterocycles. The molecule has 0 aliphatic heterocycles. The average Bonchev–Trinajstić information content (AvgIpc) is 3.08. The normalized spacial score (nSPS) is 13.4. The molecule has 288 valence electrons. The van der Waals surface area contributed by atoms with Gasteiger partial charge in [-0.15, -0.1) is 0 Å². The Morgan fingerprint density at radius 2 is 0.688 bits per heavy atom. The summed E-state index contributed by atoms with van der Waals surface area (Å²) in [6, 6.07) is 0. The molecule has 0 aliphatic rings. The van der Waals surface area contributed by atoms with Gasteiger partial charge in [0, 0.05) is 26.2 Å². The van der Waals surface area contributed by atoms with Gasteiger partial charge in [-0.05, 0) is 51.9 Å². The van der Waals surface area contributed by atoms with Crippen LogP contribution in [0.25, 0.3) is 0 Å². The fraction of sp³-hybridized carbons (Fsp3) is 0.952. The fourth-order valence-corrected chi connectivity index (χ4v) is 6.81. The van der Waals surface area contributed by atoms with Crippen LogP contribution < -0.4 is 11.5 Å². The molecule has 0 aromatic heterocycles. The predicted molar refractivity (Wildman–Crippen MR) is 213 cm³/mol. The topological polar surface area (TPSA) is 99.0 Å². The van der Waals surface area contributed by atoms with E-state index in [1.54, 1.807) is 0 Å². The minimum atomic E-state index is -0.268. The van der Waals surface area contributed by atoms with Gasteiger partial charge in [0.05, 0.1) is 12.2 Å². The molecule has 6 nitrogen and oxygen atoms in total. The summed E-state index contributed by atoms with van der Waals surface area (Å²) in [5, 5.41) is 21.5. The van der Waals surface area contributed by atoms with Crippen LogP contribution in [0.5, 0.6) is 0 Å². The van der Waals surface area contributed by atoms with Crippen molar-refractivity contribution in [1.29, 1.82) is 0 Å². The van der Waals surface area contributed by atoms with E-state index in [2.05, 4.69) is 35.8 Å². The molecule has 0 spiro atoms. The molecule has 6 heteroatoms. The van der Waals surface area contributed by atoms with Crippen LogP contribution in [0, 0.1) is 0 Å². The molecule has 0 saturated heterocycles. The second-order valence-electron chi connectivity index (χ2n) is 14.9. The Morgan fingerprint density at radius 1 is 0.417 bits per heavy atom. The molecular formula is C42H88N4O2. The molecule has 0 saturated carbocycles. The van der Waals surface area contributed by atoms with Gasteiger partial charge >= 0.3 is 0 Å². The molecule has 0 aromatic rings. The van der Waals surface area contributed by atoms with E-state index in [4.69, 9.17) is 11.5 Å². The Bertz CT molecular complexity index is 583. The van der Waals surface area contributed by atoms with Crippen LogP contribution in [-0.4, -0.2) is 84.6 Å². The van der Waals surface area contributed by atoms with E-state index < -0.39 is 0 Å². The number of hydrogen-bond acceptors (Lipinski definition) is 6. The van der Waals surface area contributed by atoms with Gasteiger partial charge in [0.15, 0.2) is 0 Å². The first-order chi connectivity index (χ1) is 23.6. The third-order valence-corrected chi connectivity index (χ3v) is 9.97. The van der Waals surface area contributed by atoms with Crippen molar-refractivity contribution in [2.24, 2.45) is 11.5 Å². The number of aliphatic hydroxyl groups excluding tert-OH is 2. The quantitative estimate of drug-likeness (QED) is 0.0380. The van der Waals surface area contributed by atoms with Crippen molar-refractivity contribution < 1.29 is 10.2 Å². The Balaban J connectivity index is 4.18. The Morgan fingerprint density at radius 3 is 0.958 bits per heavy atom. The number of nitrogens with zero attached hydrogens (tertiary/aromatic N) is 2. The molecule has 0 radical (unpaired) electrons. The number of unbranched alkanes of at least 4 members (excludes halogenated alkanes) is 22. The van der Waals surface area contributed by atoms with E-state index in [-0.39, 0.29) is 12.2 Å². The minimum Gasteiger partial charge on any atom is -0.392 e. The molecule has 0 amide bonds. The predicted octanol–water partition coefficient (Wildman–Crippen LogP) is 9.75. The van der Waals surface area contributed by atoms with Gasteiger partial charge in [-0.2, -0.15) is 0 Å². The van der Waals surface area contributed by atoms with E-state index in [1.807, 2.05) is 0 Å². The monoisotopic (exact) mass is 681 g/mol. The van der Waals surface area contributed by atoms with Crippen molar-refractivity contribution in [3.63, 3.8) is 0 Å². The number of aliphatic hydroxyl groups is 2. The van der Waals surface area contributed by atoms with Crippen molar-refractivity contribution in [3.05, 3.63) is 12.2 Å². The van der Waals surface area contributed by atoms with Crippen LogP contribution in [0.3, 0.4) is 0 Å². The maximum absolute atomic E-state index is 10.8. The third kappa shape index (κ3) is 35.3. The molecule has 48 heavy (non-hydrogen) atoms. The summed E-state index contributed by atoms with van der Waals surface area (Å²) in [6.07, 6.45) is 39.9. The maximum atomic E-state index is 10.8. The first-order valence-corrected chi connectivity index (χ1v) is 21.4. The van der Waals surface area contributed by atoms with E-state index in [9.17, 15) is 10.2 Å². The number of rotatable bonds is 40. The van der Waals surface area contributed by atoms with Gasteiger partial charge in [-0.3, -0.25) is 9.80 Å². The summed E-state index contributed by atoms with van der Waals surface area (Å²) >= 11 is 0. The fourth-order valence-electron chi connectivity index (χ4n) is 6.81. The number of hydrogen-bond donors (Lipinski definition) is 4. The molecule has 0 bridgehead atoms. The Kier molecular flexibility index (Phi) is 38.9. The largest absolute Gasteiger partial charge is 0.392 e. The Hall–Kier alpha value is -0.500. The second-order valence-corrected chi connectivity index (χ2v) is 14.9. The molecule has 0 rings (SSSR count). The number of nitrogens with two attached hydrogens (primary N) is 2. The van der Waals surface area contributed by atoms with Gasteiger partial charge in [-0.1, -0.05) is 180 Å². The van der Waals surface area contributed by atoms with Gasteiger partial charge in [0.1, 0.15) is 0 Å². The van der Waals surface area contributed by atoms with Gasteiger partial charge in [-0.25, -0.2) is 0 Å². The molecule has 2 unspecified atom stereocenters. The molecule has 2 atom stereocenters. The van der Waals surface area contributed by atoms with Crippen LogP contribution in [0.15, 0.2) is 12.2 Å². The first-order valence-electron chi connectivity index (χ1n) is 21.4. The SMILES string of the molecule is CCCCCCCCCCCCCCC(O)CN(CC=CCN(CCCN)CC(O)CCCCCCCCCCCCCC)CCCN. The van der Waals surface area contributed by atoms with E-state index in [0.717, 1.165) is 77.8 Å². The summed E-state index contributed by atoms with van der Waals surface area (Å²) in [4.78, 5) is 4.70. The molecule has 6 N–H and O–H groups in total. The summed E-state index contributed by atoms with van der Waals surface area (Å²) in [5.41, 5.74) is 11.6. The van der Waals surface area contributed by atoms with Gasteiger partial charge in [0.25, 0.3) is 0 Å². The minimum absolute atomic E-state index is 0.268. The third-order valence-electron chi connectivity index (χ3n) is 9.97. The molecule has 0 aromatic carbocycles. The molecular weight excluding hydrogens is 592 g/mol. The molecule has 0 fully saturated rings. The summed E-state index contributed by atoms with van der Waals surface area (Å²) in [7, 11) is 0. The second kappa shape index (κ2) is 39.3. The highest BCUT2D eigenvalue weighted by atomic mass is 16.3. The van der Waals surface area contributed by atoms with Gasteiger partial charge in [0.2, 0.25) is 0 Å². The smallest absolute Gasteiger partial charge is 0.0667 e. The zero-order chi connectivity index (χ0) is 35.2. The standard InChI is InChI=1S/C42H88N4O2/c1-3-5-7-9-11-13-15-17-19-21-23-25-31-41(47)39-45(37-29-33-43)35-27-28-36-46(38-30-34-44)40-42(48)32-26-24-22-20-18-16-14-12-10-8-6-4-2/h27-28,41-42,47-48H,3-26,29-40,43-44H2,1-2H3. The van der Waals surface area contributed by atoms with Crippen molar-refractivity contribution in [2.75, 3.05) is 52.4 Å². The lowest BCUT2D eigenvalue weighted by Crippen LogP contribution is -2.35. The summed E-state index contributed by atoms with van der Waals surface area (Å²) < 4.78 is 0. The van der Waals surface area contributed by atoms with Crippen molar-refractivity contribution in [3.8, 4) is 0 Å². The highest BCUT2D eigenvalue weighted by Gasteiger charge is 2.12. The van der Waals surface area contributed by atoms with Crippen LogP contribution in [0.4, 0.5) is 0 Å². The van der Waals surface area contributed by atoms with Crippen LogP contribution >= 0.6 is 0 Å². The average molecular weight is 681 g/mol. The maximum Gasteiger partial charge on any atom is 0.0667 e. The zero-order valence-electron chi connectivity index (χ0n) is 32.7. The van der Waals surface area contributed by atoms with Crippen LogP contribution in [0.2, 0.25) is 0 Å². The zero-order valence-corrected chi connectivity index (χ0v) is 32.7. The molecule has 0 aliphatic carbocycles. The highest BCUT2D eigenvalue weighted by Crippen LogP contribution is 2.15. The highest BCUT2D eigenvalue weighted by molar-refractivity contribution is 4.89. The van der Waals surface area contributed by atoms with Gasteiger partial charge < -0.3 is 21.7 Å². The van der Waals surface area contributed by atoms with Crippen LogP contribution in [0.1, 0.15) is 194 Å². The van der Waals surface area contributed by atoms with Crippen molar-refractivity contribution >= 4 is 0 Å². The lowest BCUT2D eigenvalue weighted by atomic mass is 10.0. The van der Waals surface area contributed by atoms with Crippen LogP contribution in [-0.2, 0) is 0 Å². The van der Waals surface area contributed by atoms with E-state index >= 15 is 0 Å². The van der Waals surface area contributed by atoms with E-state index in [0.29, 0.717) is 13.1 Å². The van der Waals surface area contributed by atoms with Crippen molar-refractivity contribution in [2.45, 2.75) is 206 Å². The summed E-state index contributed by atoms with van der Waals surface area (Å²) in [5.74, 6) is 0. The summed E-state index contributed by atoms with van der Waals surface area (Å²) in [6.45, 7) is 10.9. The lowest BCUT2D eigenvalue weighted by Gasteiger charge is -2.25.